The highest BCUT2D eigenvalue weighted by molar-refractivity contribution is 7.62. The van der Waals surface area contributed by atoms with Crippen LogP contribution in [-0.2, 0) is 33.0 Å². The lowest BCUT2D eigenvalue weighted by molar-refractivity contribution is -0.294. The molecule has 0 saturated carbocycles. The molecular weight excluding hydrogens is 311 g/mol. The maximum atomic E-state index is 11.7. The van der Waals surface area contributed by atoms with Gasteiger partial charge in [0.25, 0.3) is 5.79 Å². The number of carbonyl (C=O) groups is 2. The van der Waals surface area contributed by atoms with Gasteiger partial charge in [-0.1, -0.05) is 6.92 Å². The quantitative estimate of drug-likeness (QED) is 0.138. The van der Waals surface area contributed by atoms with Crippen molar-refractivity contribution in [3.8, 4) is 12.3 Å². The highest BCUT2D eigenvalue weighted by atomic mass is 31.2. The summed E-state index contributed by atoms with van der Waals surface area (Å²) in [5.74, 6) is -4.85. The van der Waals surface area contributed by atoms with Crippen LogP contribution in [0.25, 0.3) is 0 Å². The standard InChI is InChI=1S/C10H13O10P/c1-3-5-9(13,14)7(11)18-19-8(12)10(15)20-21(10,16)17-6-4-2/h1,13-15H,4-6H2,2H3. The highest BCUT2D eigenvalue weighted by Gasteiger charge is 2.78. The van der Waals surface area contributed by atoms with E-state index in [0.29, 0.717) is 6.42 Å². The van der Waals surface area contributed by atoms with E-state index in [1.165, 1.54) is 0 Å². The fraction of sp³-hybridized carbons (Fsp3) is 0.600. The Labute approximate surface area is 119 Å². The number of terminal acetylenes is 1. The highest BCUT2D eigenvalue weighted by Crippen LogP contribution is 2.77. The molecule has 1 aliphatic heterocycles. The van der Waals surface area contributed by atoms with Crippen molar-refractivity contribution in [3.05, 3.63) is 0 Å². The van der Waals surface area contributed by atoms with Crippen molar-refractivity contribution >= 4 is 19.5 Å². The summed E-state index contributed by atoms with van der Waals surface area (Å²) in [5.41, 5.74) is -2.89. The summed E-state index contributed by atoms with van der Waals surface area (Å²) in [4.78, 5) is 30.1. The van der Waals surface area contributed by atoms with Crippen LogP contribution in [0.4, 0.5) is 0 Å². The zero-order valence-corrected chi connectivity index (χ0v) is 11.7. The van der Waals surface area contributed by atoms with Gasteiger partial charge in [0.1, 0.15) is 0 Å². The van der Waals surface area contributed by atoms with E-state index >= 15 is 0 Å². The molecule has 0 aromatic rings. The first-order valence-electron chi connectivity index (χ1n) is 5.62. The Morgan fingerprint density at radius 1 is 1.43 bits per heavy atom. The average molecular weight is 324 g/mol. The normalized spacial score (nSPS) is 27.6. The molecule has 0 aliphatic carbocycles. The van der Waals surface area contributed by atoms with Crippen LogP contribution in [0.3, 0.4) is 0 Å². The molecule has 21 heavy (non-hydrogen) atoms. The number of rotatable bonds is 6. The van der Waals surface area contributed by atoms with Crippen molar-refractivity contribution in [3.63, 3.8) is 0 Å². The fourth-order valence-electron chi connectivity index (χ4n) is 1.03. The predicted octanol–water partition coefficient (Wildman–Crippen LogP) is -1.01. The van der Waals surface area contributed by atoms with Gasteiger partial charge in [-0.2, -0.15) is 0 Å². The van der Waals surface area contributed by atoms with Gasteiger partial charge in [-0.15, -0.1) is 12.3 Å². The van der Waals surface area contributed by atoms with Crippen LogP contribution in [-0.4, -0.2) is 45.2 Å². The minimum Gasteiger partial charge on any atom is -0.356 e. The Morgan fingerprint density at radius 3 is 2.57 bits per heavy atom. The fourth-order valence-corrected chi connectivity index (χ4v) is 2.51. The van der Waals surface area contributed by atoms with E-state index < -0.39 is 37.3 Å². The van der Waals surface area contributed by atoms with Crippen molar-refractivity contribution in [1.29, 1.82) is 0 Å². The van der Waals surface area contributed by atoms with Crippen molar-refractivity contribution in [1.82, 2.24) is 0 Å². The number of hydrogen-bond acceptors (Lipinski definition) is 10. The average Bonchev–Trinajstić information content (AvgIpc) is 2.97. The lowest BCUT2D eigenvalue weighted by Crippen LogP contribution is -2.40. The van der Waals surface area contributed by atoms with Gasteiger partial charge in [0.2, 0.25) is 0 Å². The van der Waals surface area contributed by atoms with Crippen molar-refractivity contribution < 1.29 is 48.3 Å². The summed E-state index contributed by atoms with van der Waals surface area (Å²) >= 11 is 0. The summed E-state index contributed by atoms with van der Waals surface area (Å²) < 4.78 is 20.6. The lowest BCUT2D eigenvalue weighted by atomic mass is 10.2. The first-order chi connectivity index (χ1) is 9.63. The molecule has 0 amide bonds. The Bertz CT molecular complexity index is 520. The third kappa shape index (κ3) is 3.59. The van der Waals surface area contributed by atoms with E-state index in [9.17, 15) is 19.3 Å². The number of aliphatic hydroxyl groups is 3. The van der Waals surface area contributed by atoms with Crippen molar-refractivity contribution in [2.45, 2.75) is 31.1 Å². The molecule has 11 heteroatoms. The minimum atomic E-state index is -4.09. The maximum Gasteiger partial charge on any atom is 0.428 e. The second-order valence-corrected chi connectivity index (χ2v) is 6.01. The van der Waals surface area contributed by atoms with Gasteiger partial charge in [-0.05, 0) is 6.42 Å². The summed E-state index contributed by atoms with van der Waals surface area (Å²) in [6.07, 6.45) is 4.38. The van der Waals surface area contributed by atoms with Crippen LogP contribution in [0.5, 0.6) is 0 Å². The molecule has 1 rings (SSSR count). The molecule has 0 radical (unpaired) electrons. The summed E-state index contributed by atoms with van der Waals surface area (Å²) in [7, 11) is -4.09. The van der Waals surface area contributed by atoms with Crippen LogP contribution in [0.15, 0.2) is 0 Å². The number of hydrogen-bond donors (Lipinski definition) is 3. The zero-order chi connectivity index (χ0) is 16.3. The van der Waals surface area contributed by atoms with Gasteiger partial charge in [0, 0.05) is 0 Å². The zero-order valence-electron chi connectivity index (χ0n) is 10.8. The van der Waals surface area contributed by atoms with Gasteiger partial charge in [0.05, 0.1) is 13.0 Å². The minimum absolute atomic E-state index is 0.0504. The van der Waals surface area contributed by atoms with Crippen LogP contribution in [0, 0.1) is 12.3 Å². The van der Waals surface area contributed by atoms with Crippen molar-refractivity contribution in [2.75, 3.05) is 6.61 Å². The molecular formula is C10H13O10P. The molecule has 1 aliphatic rings. The van der Waals surface area contributed by atoms with Gasteiger partial charge < -0.3 is 19.8 Å². The Hall–Kier alpha value is -1.47. The topological polar surface area (TPSA) is 152 Å². The Kier molecular flexibility index (Phi) is 5.11. The predicted molar refractivity (Wildman–Crippen MR) is 62.7 cm³/mol. The molecule has 1 saturated heterocycles. The smallest absolute Gasteiger partial charge is 0.356 e. The Morgan fingerprint density at radius 2 is 2.05 bits per heavy atom. The van der Waals surface area contributed by atoms with E-state index in [1.54, 1.807) is 12.8 Å². The third-order valence-electron chi connectivity index (χ3n) is 2.19. The van der Waals surface area contributed by atoms with Crippen LogP contribution < -0.4 is 0 Å². The van der Waals surface area contributed by atoms with Crippen molar-refractivity contribution in [2.24, 2.45) is 0 Å². The van der Waals surface area contributed by atoms with Crippen LogP contribution in [0.1, 0.15) is 19.8 Å². The van der Waals surface area contributed by atoms with Crippen LogP contribution >= 0.6 is 7.60 Å². The summed E-state index contributed by atoms with van der Waals surface area (Å²) in [6.45, 7) is 1.63. The van der Waals surface area contributed by atoms with E-state index in [4.69, 9.17) is 16.6 Å². The molecule has 0 spiro atoms. The van der Waals surface area contributed by atoms with E-state index in [2.05, 4.69) is 18.8 Å². The molecule has 0 aromatic carbocycles. The summed E-state index contributed by atoms with van der Waals surface area (Å²) in [6, 6.07) is 0. The van der Waals surface area contributed by atoms with Gasteiger partial charge in [-0.3, -0.25) is 4.57 Å². The first-order valence-corrected chi connectivity index (χ1v) is 7.16. The molecule has 0 bridgehead atoms. The monoisotopic (exact) mass is 324 g/mol. The van der Waals surface area contributed by atoms with Gasteiger partial charge in [0.15, 0.2) is 0 Å². The molecule has 2 unspecified atom stereocenters. The molecule has 1 fully saturated rings. The van der Waals surface area contributed by atoms with E-state index in [-0.39, 0.29) is 6.61 Å². The number of carbonyl (C=O) groups excluding carboxylic acids is 2. The third-order valence-corrected chi connectivity index (χ3v) is 4.06. The molecule has 0 aromatic heterocycles. The van der Waals surface area contributed by atoms with E-state index in [0.717, 1.165) is 0 Å². The maximum absolute atomic E-state index is 11.7. The van der Waals surface area contributed by atoms with Gasteiger partial charge >= 0.3 is 25.1 Å². The molecule has 2 atom stereocenters. The SMILES string of the molecule is C#CCC(O)(O)C(=O)OOC(=O)C1(O)OP1(=O)OCCC. The largest absolute Gasteiger partial charge is 0.428 e. The lowest BCUT2D eigenvalue weighted by Gasteiger charge is -2.15. The van der Waals surface area contributed by atoms with Gasteiger partial charge in [-0.25, -0.2) is 23.9 Å². The molecule has 3 N–H and O–H groups in total. The van der Waals surface area contributed by atoms with E-state index in [1.807, 2.05) is 0 Å². The molecule has 1 heterocycles. The Balaban J connectivity index is 2.55. The molecule has 10 nitrogen and oxygen atoms in total. The molecule has 118 valence electrons. The van der Waals surface area contributed by atoms with Crippen LogP contribution in [0.2, 0.25) is 0 Å². The second-order valence-electron chi connectivity index (χ2n) is 3.97. The summed E-state index contributed by atoms with van der Waals surface area (Å²) in [5, 5.41) is 27.7. The second kappa shape index (κ2) is 6.11. The first kappa shape index (κ1) is 17.6.